The summed E-state index contributed by atoms with van der Waals surface area (Å²) in [5, 5.41) is 0. The Hall–Kier alpha value is -2.08. The maximum absolute atomic E-state index is 11.9. The third-order valence-corrected chi connectivity index (χ3v) is 4.28. The first-order valence-electron chi connectivity index (χ1n) is 8.89. The molecule has 0 aromatic heterocycles. The molecule has 1 fully saturated rings. The van der Waals surface area contributed by atoms with Crippen LogP contribution in [-0.2, 0) is 14.3 Å². The highest BCUT2D eigenvalue weighted by molar-refractivity contribution is 5.89. The predicted molar refractivity (Wildman–Crippen MR) is 96.9 cm³/mol. The number of benzene rings is 1. The molecular weight excluding hydrogens is 320 g/mol. The van der Waals surface area contributed by atoms with Crippen LogP contribution < -0.4 is 4.90 Å². The average molecular weight is 348 g/mol. The Kier molecular flexibility index (Phi) is 7.73. The standard InChI is InChI=1S/C19H28N2O4/c1-20(2)17-8-6-16(7-9-17)19(23)25-15-14-24-18(22)10-13-21-11-4-3-5-12-21/h6-9H,3-5,10-15H2,1-2H3. The van der Waals surface area contributed by atoms with Crippen molar-refractivity contribution in [1.29, 1.82) is 0 Å². The number of hydrogen-bond donors (Lipinski definition) is 0. The first-order valence-corrected chi connectivity index (χ1v) is 8.89. The zero-order valence-electron chi connectivity index (χ0n) is 15.2. The van der Waals surface area contributed by atoms with Gasteiger partial charge in [0, 0.05) is 26.3 Å². The summed E-state index contributed by atoms with van der Waals surface area (Å²) in [5.41, 5.74) is 1.50. The zero-order chi connectivity index (χ0) is 18.1. The van der Waals surface area contributed by atoms with Crippen LogP contribution >= 0.6 is 0 Å². The molecule has 0 amide bonds. The first-order chi connectivity index (χ1) is 12.1. The van der Waals surface area contributed by atoms with E-state index in [0.29, 0.717) is 12.0 Å². The van der Waals surface area contributed by atoms with Crippen LogP contribution in [0.15, 0.2) is 24.3 Å². The number of carbonyl (C=O) groups is 2. The van der Waals surface area contributed by atoms with E-state index < -0.39 is 5.97 Å². The minimum absolute atomic E-state index is 0.0731. The molecule has 1 saturated heterocycles. The van der Waals surface area contributed by atoms with Crippen LogP contribution in [0.3, 0.4) is 0 Å². The summed E-state index contributed by atoms with van der Waals surface area (Å²) in [7, 11) is 3.87. The monoisotopic (exact) mass is 348 g/mol. The fourth-order valence-electron chi connectivity index (χ4n) is 2.77. The van der Waals surface area contributed by atoms with Gasteiger partial charge in [-0.1, -0.05) is 6.42 Å². The number of hydrogen-bond acceptors (Lipinski definition) is 6. The van der Waals surface area contributed by atoms with E-state index in [0.717, 1.165) is 25.3 Å². The van der Waals surface area contributed by atoms with E-state index in [4.69, 9.17) is 9.47 Å². The van der Waals surface area contributed by atoms with Crippen molar-refractivity contribution in [1.82, 2.24) is 4.90 Å². The van der Waals surface area contributed by atoms with Crippen LogP contribution in [-0.4, -0.2) is 63.8 Å². The van der Waals surface area contributed by atoms with Gasteiger partial charge in [0.05, 0.1) is 12.0 Å². The summed E-state index contributed by atoms with van der Waals surface area (Å²) in [4.78, 5) is 27.9. The first kappa shape index (κ1) is 19.2. The third-order valence-electron chi connectivity index (χ3n) is 4.28. The van der Waals surface area contributed by atoms with Gasteiger partial charge in [-0.3, -0.25) is 4.79 Å². The van der Waals surface area contributed by atoms with Gasteiger partial charge < -0.3 is 19.3 Å². The fraction of sp³-hybridized carbons (Fsp3) is 0.579. The molecule has 0 bridgehead atoms. The fourth-order valence-corrected chi connectivity index (χ4v) is 2.77. The molecule has 0 spiro atoms. The van der Waals surface area contributed by atoms with Gasteiger partial charge in [0.15, 0.2) is 0 Å². The highest BCUT2D eigenvalue weighted by Gasteiger charge is 2.13. The number of ether oxygens (including phenoxy) is 2. The van der Waals surface area contributed by atoms with Gasteiger partial charge in [-0.25, -0.2) is 4.79 Å². The van der Waals surface area contributed by atoms with E-state index in [1.807, 2.05) is 31.1 Å². The van der Waals surface area contributed by atoms with Crippen LogP contribution in [0.4, 0.5) is 5.69 Å². The molecule has 25 heavy (non-hydrogen) atoms. The Morgan fingerprint density at radius 2 is 1.64 bits per heavy atom. The molecule has 2 rings (SSSR count). The molecule has 0 N–H and O–H groups in total. The van der Waals surface area contributed by atoms with Gasteiger partial charge in [-0.05, 0) is 50.2 Å². The van der Waals surface area contributed by atoms with Crippen molar-refractivity contribution in [2.24, 2.45) is 0 Å². The van der Waals surface area contributed by atoms with Gasteiger partial charge in [0.2, 0.25) is 0 Å². The Bertz CT molecular complexity index is 551. The molecule has 6 heteroatoms. The third kappa shape index (κ3) is 6.74. The van der Waals surface area contributed by atoms with Crippen molar-refractivity contribution in [2.75, 3.05) is 51.8 Å². The second kappa shape index (κ2) is 10.0. The highest BCUT2D eigenvalue weighted by Crippen LogP contribution is 2.13. The van der Waals surface area contributed by atoms with E-state index in [2.05, 4.69) is 4.90 Å². The minimum atomic E-state index is -0.408. The van der Waals surface area contributed by atoms with Crippen LogP contribution in [0.1, 0.15) is 36.0 Å². The molecular formula is C19H28N2O4. The van der Waals surface area contributed by atoms with Crippen molar-refractivity contribution in [2.45, 2.75) is 25.7 Å². The SMILES string of the molecule is CN(C)c1ccc(C(=O)OCCOC(=O)CCN2CCCCC2)cc1. The van der Waals surface area contributed by atoms with Crippen molar-refractivity contribution >= 4 is 17.6 Å². The quantitative estimate of drug-likeness (QED) is 0.531. The lowest BCUT2D eigenvalue weighted by molar-refractivity contribution is -0.145. The number of carbonyl (C=O) groups excluding carboxylic acids is 2. The van der Waals surface area contributed by atoms with Crippen molar-refractivity contribution in [3.8, 4) is 0 Å². The van der Waals surface area contributed by atoms with Crippen molar-refractivity contribution in [3.63, 3.8) is 0 Å². The number of piperidine rings is 1. The molecule has 1 aromatic carbocycles. The Morgan fingerprint density at radius 3 is 2.28 bits per heavy atom. The summed E-state index contributed by atoms with van der Waals surface area (Å²) < 4.78 is 10.3. The lowest BCUT2D eigenvalue weighted by Gasteiger charge is -2.25. The lowest BCUT2D eigenvalue weighted by Crippen LogP contribution is -2.32. The molecule has 0 aliphatic carbocycles. The van der Waals surface area contributed by atoms with E-state index in [9.17, 15) is 9.59 Å². The zero-order valence-corrected chi connectivity index (χ0v) is 15.2. The molecule has 0 atom stereocenters. The number of rotatable bonds is 8. The summed E-state index contributed by atoms with van der Waals surface area (Å²) >= 11 is 0. The van der Waals surface area contributed by atoms with Gasteiger partial charge in [0.1, 0.15) is 13.2 Å². The van der Waals surface area contributed by atoms with Crippen LogP contribution in [0.25, 0.3) is 0 Å². The van der Waals surface area contributed by atoms with Gasteiger partial charge in [0.25, 0.3) is 0 Å². The Balaban J connectivity index is 1.59. The highest BCUT2D eigenvalue weighted by atomic mass is 16.6. The second-order valence-electron chi connectivity index (χ2n) is 6.45. The summed E-state index contributed by atoms with van der Waals surface area (Å²) in [6.07, 6.45) is 4.09. The smallest absolute Gasteiger partial charge is 0.338 e. The van der Waals surface area contributed by atoms with E-state index in [-0.39, 0.29) is 19.2 Å². The normalized spacial score (nSPS) is 14.8. The van der Waals surface area contributed by atoms with Crippen LogP contribution in [0.5, 0.6) is 0 Å². The number of esters is 2. The molecule has 0 unspecified atom stereocenters. The van der Waals surface area contributed by atoms with Gasteiger partial charge in [-0.2, -0.15) is 0 Å². The molecule has 1 aliphatic rings. The van der Waals surface area contributed by atoms with Crippen LogP contribution in [0, 0.1) is 0 Å². The minimum Gasteiger partial charge on any atom is -0.462 e. The molecule has 138 valence electrons. The molecule has 0 saturated carbocycles. The summed E-state index contributed by atoms with van der Waals surface area (Å²) in [5.74, 6) is -0.647. The Morgan fingerprint density at radius 1 is 1.00 bits per heavy atom. The summed E-state index contributed by atoms with van der Waals surface area (Å²) in [6.45, 7) is 3.05. The maximum atomic E-state index is 11.9. The van der Waals surface area contributed by atoms with Crippen LogP contribution in [0.2, 0.25) is 0 Å². The molecule has 1 heterocycles. The Labute approximate surface area is 149 Å². The number of likely N-dealkylation sites (tertiary alicyclic amines) is 1. The second-order valence-corrected chi connectivity index (χ2v) is 6.45. The largest absolute Gasteiger partial charge is 0.462 e. The summed E-state index contributed by atoms with van der Waals surface area (Å²) in [6, 6.07) is 7.17. The number of anilines is 1. The topological polar surface area (TPSA) is 59.1 Å². The average Bonchev–Trinajstić information content (AvgIpc) is 2.64. The molecule has 1 aromatic rings. The molecule has 1 aliphatic heterocycles. The number of nitrogens with zero attached hydrogens (tertiary/aromatic N) is 2. The lowest BCUT2D eigenvalue weighted by atomic mass is 10.1. The molecule has 6 nitrogen and oxygen atoms in total. The molecule has 0 radical (unpaired) electrons. The van der Waals surface area contributed by atoms with E-state index >= 15 is 0 Å². The predicted octanol–water partition coefficient (Wildman–Crippen LogP) is 2.33. The van der Waals surface area contributed by atoms with Crippen molar-refractivity contribution in [3.05, 3.63) is 29.8 Å². The van der Waals surface area contributed by atoms with Gasteiger partial charge >= 0.3 is 11.9 Å². The van der Waals surface area contributed by atoms with E-state index in [1.54, 1.807) is 12.1 Å². The van der Waals surface area contributed by atoms with E-state index in [1.165, 1.54) is 19.3 Å². The maximum Gasteiger partial charge on any atom is 0.338 e. The van der Waals surface area contributed by atoms with Gasteiger partial charge in [-0.15, -0.1) is 0 Å². The van der Waals surface area contributed by atoms with Crippen molar-refractivity contribution < 1.29 is 19.1 Å².